The molecule has 0 saturated carbocycles. The van der Waals surface area contributed by atoms with Gasteiger partial charge in [0.25, 0.3) is 0 Å². The molecule has 2 heteroatoms. The molecule has 0 aliphatic carbocycles. The average Bonchev–Trinajstić information content (AvgIpc) is 2.45. The van der Waals surface area contributed by atoms with Crippen LogP contribution in [0.4, 0.5) is 0 Å². The van der Waals surface area contributed by atoms with E-state index in [1.807, 2.05) is 0 Å². The van der Waals surface area contributed by atoms with Gasteiger partial charge >= 0.3 is 126 Å². The van der Waals surface area contributed by atoms with E-state index in [0.29, 0.717) is 0 Å². The molecule has 0 amide bonds. The number of rotatable bonds is 5. The van der Waals surface area contributed by atoms with Crippen LogP contribution in [0.3, 0.4) is 0 Å². The Bertz CT molecular complexity index is 548. The quantitative estimate of drug-likeness (QED) is 0.709. The molecule has 0 heterocycles. The fraction of sp³-hybridized carbons (Fsp3) is 0.235. The van der Waals surface area contributed by atoms with Crippen LogP contribution in [0.1, 0.15) is 19.4 Å². The van der Waals surface area contributed by atoms with Gasteiger partial charge in [0.05, 0.1) is 0 Å². The van der Waals surface area contributed by atoms with Gasteiger partial charge in [-0.15, -0.1) is 0 Å². The van der Waals surface area contributed by atoms with Crippen molar-refractivity contribution in [1.82, 2.24) is 4.90 Å². The first kappa shape index (κ1) is 14.4. The Hall–Kier alpha value is -1.04. The van der Waals surface area contributed by atoms with Gasteiger partial charge < -0.3 is 0 Å². The van der Waals surface area contributed by atoms with Gasteiger partial charge in [0, 0.05) is 0 Å². The summed E-state index contributed by atoms with van der Waals surface area (Å²) in [5.74, 6) is 0. The molecule has 2 rings (SSSR count). The summed E-state index contributed by atoms with van der Waals surface area (Å²) < 4.78 is 1.45. The number of hydrogen-bond donors (Lipinski definition) is 0. The van der Waals surface area contributed by atoms with Crippen molar-refractivity contribution in [2.24, 2.45) is 0 Å². The molecule has 0 spiro atoms. The molecular formula is C17H19NW. The summed E-state index contributed by atoms with van der Waals surface area (Å²) in [5.41, 5.74) is 3.97. The molecule has 0 aliphatic rings. The third-order valence-electron chi connectivity index (χ3n) is 3.23. The minimum atomic E-state index is 1.01. The van der Waals surface area contributed by atoms with Crippen LogP contribution in [0.2, 0.25) is 0 Å². The normalized spacial score (nSPS) is 10.7. The van der Waals surface area contributed by atoms with Gasteiger partial charge in [-0.05, 0) is 0 Å². The molecule has 0 saturated heterocycles. The summed E-state index contributed by atoms with van der Waals surface area (Å²) in [5, 5.41) is 0. The van der Waals surface area contributed by atoms with Crippen molar-refractivity contribution in [1.29, 1.82) is 0 Å². The zero-order valence-electron chi connectivity index (χ0n) is 11.5. The van der Waals surface area contributed by atoms with Crippen molar-refractivity contribution >= 4 is 4.02 Å². The summed E-state index contributed by atoms with van der Waals surface area (Å²) in [7, 11) is 0. The van der Waals surface area contributed by atoms with Crippen molar-refractivity contribution in [2.45, 2.75) is 20.4 Å². The third kappa shape index (κ3) is 3.96. The predicted molar refractivity (Wildman–Crippen MR) is 78.6 cm³/mol. The van der Waals surface area contributed by atoms with Crippen LogP contribution in [-0.4, -0.2) is 15.5 Å². The van der Waals surface area contributed by atoms with Crippen LogP contribution in [0.15, 0.2) is 54.6 Å². The third-order valence-corrected chi connectivity index (χ3v) is 4.16. The molecule has 2 aromatic rings. The van der Waals surface area contributed by atoms with Crippen LogP contribution in [0.25, 0.3) is 11.1 Å². The van der Waals surface area contributed by atoms with E-state index in [4.69, 9.17) is 0 Å². The fourth-order valence-electron chi connectivity index (χ4n) is 2.15. The topological polar surface area (TPSA) is 3.24 Å². The molecule has 1 nitrogen and oxygen atoms in total. The molecule has 0 bridgehead atoms. The standard InChI is InChI=1S/C17H19N.W/c1-3-18(4-2)14-15-9-8-12-17(13-15)16-10-6-5-7-11-16;/h5-13H,3,14H2,1-2H3;. The molecule has 0 fully saturated rings. The predicted octanol–water partition coefficient (Wildman–Crippen LogP) is 3.87. The van der Waals surface area contributed by atoms with Gasteiger partial charge in [-0.1, -0.05) is 0 Å². The molecule has 19 heavy (non-hydrogen) atoms. The minimum absolute atomic E-state index is 1.01. The second-order valence-corrected chi connectivity index (χ2v) is 6.72. The van der Waals surface area contributed by atoms with E-state index in [0.717, 1.165) is 13.1 Å². The number of nitrogens with zero attached hydrogens (tertiary/aromatic N) is 1. The summed E-state index contributed by atoms with van der Waals surface area (Å²) in [4.78, 5) is 2.43. The zero-order valence-corrected chi connectivity index (χ0v) is 14.4. The van der Waals surface area contributed by atoms with E-state index in [9.17, 15) is 0 Å². The van der Waals surface area contributed by atoms with Crippen LogP contribution in [0.5, 0.6) is 0 Å². The second kappa shape index (κ2) is 6.93. The molecule has 0 atom stereocenters. The van der Waals surface area contributed by atoms with Gasteiger partial charge in [0.15, 0.2) is 0 Å². The maximum absolute atomic E-state index is 2.43. The van der Waals surface area contributed by atoms with E-state index in [1.54, 1.807) is 19.4 Å². The van der Waals surface area contributed by atoms with Crippen LogP contribution in [-0.2, 0) is 25.9 Å². The summed E-state index contributed by atoms with van der Waals surface area (Å²) in [6.45, 7) is 6.50. The maximum atomic E-state index is 2.43. The first-order valence-electron chi connectivity index (χ1n) is 6.60. The average molecular weight is 421 g/mol. The number of hydrogen-bond acceptors (Lipinski definition) is 1. The molecule has 98 valence electrons. The Morgan fingerprint density at radius 3 is 2.32 bits per heavy atom. The first-order chi connectivity index (χ1) is 9.20. The summed E-state index contributed by atoms with van der Waals surface area (Å²) in [6, 6.07) is 19.4. The van der Waals surface area contributed by atoms with Gasteiger partial charge in [-0.3, -0.25) is 0 Å². The fourth-order valence-corrected chi connectivity index (χ4v) is 2.84. The molecule has 2 aromatic carbocycles. The Morgan fingerprint density at radius 1 is 1.00 bits per heavy atom. The van der Waals surface area contributed by atoms with Gasteiger partial charge in [-0.2, -0.15) is 0 Å². The van der Waals surface area contributed by atoms with Gasteiger partial charge in [-0.25, -0.2) is 0 Å². The molecule has 0 N–H and O–H groups in total. The van der Waals surface area contributed by atoms with E-state index >= 15 is 0 Å². The first-order valence-corrected chi connectivity index (χ1v) is 8.07. The van der Waals surface area contributed by atoms with Gasteiger partial charge in [0.2, 0.25) is 0 Å². The van der Waals surface area contributed by atoms with Gasteiger partial charge in [0.1, 0.15) is 0 Å². The van der Waals surface area contributed by atoms with Crippen molar-refractivity contribution in [3.63, 3.8) is 0 Å². The van der Waals surface area contributed by atoms with Crippen molar-refractivity contribution in [3.05, 3.63) is 60.2 Å². The van der Waals surface area contributed by atoms with E-state index in [-0.39, 0.29) is 0 Å². The summed E-state index contributed by atoms with van der Waals surface area (Å²) in [6.07, 6.45) is 0. The Kier molecular flexibility index (Phi) is 5.24. The van der Waals surface area contributed by atoms with Crippen LogP contribution < -0.4 is 0 Å². The summed E-state index contributed by atoms with van der Waals surface area (Å²) >= 11 is 1.55. The zero-order chi connectivity index (χ0) is 13.7. The second-order valence-electron chi connectivity index (χ2n) is 4.60. The van der Waals surface area contributed by atoms with E-state index in [2.05, 4.69) is 73.3 Å². The molecular weight excluding hydrogens is 402 g/mol. The molecule has 0 aliphatic heterocycles. The van der Waals surface area contributed by atoms with Crippen LogP contribution >= 0.6 is 0 Å². The molecule has 0 radical (unpaired) electrons. The van der Waals surface area contributed by atoms with E-state index in [1.165, 1.54) is 20.7 Å². The van der Waals surface area contributed by atoms with Crippen molar-refractivity contribution in [3.8, 4) is 11.1 Å². The molecule has 0 unspecified atom stereocenters. The Balaban J connectivity index is 2.23. The monoisotopic (exact) mass is 421 g/mol. The van der Waals surface area contributed by atoms with Crippen molar-refractivity contribution in [2.75, 3.05) is 6.54 Å². The van der Waals surface area contributed by atoms with Crippen LogP contribution in [0, 0.1) is 0 Å². The number of benzene rings is 2. The molecule has 0 aromatic heterocycles. The Morgan fingerprint density at radius 2 is 1.68 bits per heavy atom. The Labute approximate surface area is 126 Å². The van der Waals surface area contributed by atoms with Crippen molar-refractivity contribution < 1.29 is 19.4 Å². The SMILES string of the molecule is CCN(Cc1cccc(-c2ccccc2)c1)[C](C)=[W]. The van der Waals surface area contributed by atoms with E-state index < -0.39 is 0 Å².